The topological polar surface area (TPSA) is 42.2 Å². The minimum absolute atomic E-state index is 0.294. The Bertz CT molecular complexity index is 246. The molecule has 1 aromatic heterocycles. The van der Waals surface area contributed by atoms with Gasteiger partial charge in [-0.1, -0.05) is 6.92 Å². The van der Waals surface area contributed by atoms with E-state index in [9.17, 15) is 4.79 Å². The number of carbonyl (C=O) groups is 1. The fraction of sp³-hybridized carbons (Fsp3) is 0.375. The Balaban J connectivity index is 2.31. The quantitative estimate of drug-likeness (QED) is 0.776. The monoisotopic (exact) mass is 185 g/mol. The van der Waals surface area contributed by atoms with Crippen LogP contribution in [0.4, 0.5) is 0 Å². The van der Waals surface area contributed by atoms with E-state index in [0.717, 1.165) is 0 Å². The summed E-state index contributed by atoms with van der Waals surface area (Å²) in [5, 5.41) is 8.59. The third-order valence-corrected chi connectivity index (χ3v) is 2.66. The van der Waals surface area contributed by atoms with Crippen molar-refractivity contribution in [2.75, 3.05) is 5.75 Å². The Labute approximate surface area is 75.5 Å². The van der Waals surface area contributed by atoms with Crippen molar-refractivity contribution in [2.24, 2.45) is 5.92 Å². The first kappa shape index (κ1) is 9.19. The van der Waals surface area contributed by atoms with Crippen LogP contribution in [0.25, 0.3) is 0 Å². The van der Waals surface area contributed by atoms with Crippen molar-refractivity contribution >= 4 is 17.9 Å². The SMILES string of the molecule is CC(CSn1cccc1)C(=O)O. The van der Waals surface area contributed by atoms with Crippen LogP contribution in [0.1, 0.15) is 6.92 Å². The van der Waals surface area contributed by atoms with Crippen LogP contribution in [0.15, 0.2) is 24.5 Å². The summed E-state index contributed by atoms with van der Waals surface area (Å²) in [6.45, 7) is 1.71. The van der Waals surface area contributed by atoms with Gasteiger partial charge in [-0.25, -0.2) is 0 Å². The van der Waals surface area contributed by atoms with Crippen molar-refractivity contribution < 1.29 is 9.90 Å². The van der Waals surface area contributed by atoms with Crippen molar-refractivity contribution in [1.29, 1.82) is 0 Å². The standard InChI is InChI=1S/C8H11NO2S/c1-7(8(10)11)6-12-9-4-2-3-5-9/h2-5,7H,6H2,1H3,(H,10,11). The third kappa shape index (κ3) is 2.62. The zero-order chi connectivity index (χ0) is 8.97. The summed E-state index contributed by atoms with van der Waals surface area (Å²) >= 11 is 1.50. The molecule has 1 heterocycles. The van der Waals surface area contributed by atoms with Crippen LogP contribution in [0.2, 0.25) is 0 Å². The van der Waals surface area contributed by atoms with E-state index in [-0.39, 0.29) is 5.92 Å². The minimum Gasteiger partial charge on any atom is -0.481 e. The van der Waals surface area contributed by atoms with Crippen molar-refractivity contribution in [3.63, 3.8) is 0 Å². The van der Waals surface area contributed by atoms with E-state index in [1.807, 2.05) is 28.5 Å². The van der Waals surface area contributed by atoms with Crippen LogP contribution in [0.3, 0.4) is 0 Å². The van der Waals surface area contributed by atoms with E-state index in [4.69, 9.17) is 5.11 Å². The summed E-state index contributed by atoms with van der Waals surface area (Å²) < 4.78 is 1.90. The number of carboxylic acid groups (broad SMARTS) is 1. The first-order valence-corrected chi connectivity index (χ1v) is 4.63. The Hall–Kier alpha value is -0.900. The molecule has 0 aliphatic rings. The second-order valence-corrected chi connectivity index (χ2v) is 3.59. The maximum Gasteiger partial charge on any atom is 0.307 e. The molecule has 0 saturated carbocycles. The predicted molar refractivity (Wildman–Crippen MR) is 49.1 cm³/mol. The molecule has 1 atom stereocenters. The molecule has 0 saturated heterocycles. The molecule has 1 rings (SSSR count). The highest BCUT2D eigenvalue weighted by atomic mass is 32.2. The van der Waals surface area contributed by atoms with E-state index in [1.54, 1.807) is 6.92 Å². The highest BCUT2D eigenvalue weighted by Gasteiger charge is 2.10. The predicted octanol–water partition coefficient (Wildman–Crippen LogP) is 1.71. The zero-order valence-corrected chi connectivity index (χ0v) is 7.62. The summed E-state index contributed by atoms with van der Waals surface area (Å²) in [6.07, 6.45) is 3.80. The van der Waals surface area contributed by atoms with Gasteiger partial charge in [0.15, 0.2) is 0 Å². The molecule has 1 unspecified atom stereocenters. The van der Waals surface area contributed by atoms with Crippen LogP contribution in [-0.2, 0) is 4.79 Å². The number of hydrogen-bond acceptors (Lipinski definition) is 2. The minimum atomic E-state index is -0.741. The molecule has 0 aliphatic carbocycles. The summed E-state index contributed by atoms with van der Waals surface area (Å²) in [5.41, 5.74) is 0. The van der Waals surface area contributed by atoms with E-state index >= 15 is 0 Å². The molecular formula is C8H11NO2S. The lowest BCUT2D eigenvalue weighted by Crippen LogP contribution is -2.12. The average molecular weight is 185 g/mol. The lowest BCUT2D eigenvalue weighted by Gasteiger charge is -2.05. The van der Waals surface area contributed by atoms with Crippen LogP contribution in [-0.4, -0.2) is 20.8 Å². The summed E-state index contributed by atoms with van der Waals surface area (Å²) in [6, 6.07) is 3.83. The molecule has 0 aliphatic heterocycles. The first-order valence-electron chi connectivity index (χ1n) is 3.69. The maximum atomic E-state index is 10.4. The second kappa shape index (κ2) is 4.21. The smallest absolute Gasteiger partial charge is 0.307 e. The lowest BCUT2D eigenvalue weighted by atomic mass is 10.2. The number of rotatable bonds is 4. The number of aromatic nitrogens is 1. The normalized spacial score (nSPS) is 12.8. The number of carboxylic acids is 1. The lowest BCUT2D eigenvalue weighted by molar-refractivity contribution is -0.140. The molecule has 1 aromatic rings. The molecule has 0 amide bonds. The Morgan fingerprint density at radius 1 is 1.58 bits per heavy atom. The molecule has 12 heavy (non-hydrogen) atoms. The van der Waals surface area contributed by atoms with E-state index in [0.29, 0.717) is 5.75 Å². The van der Waals surface area contributed by atoms with Crippen molar-refractivity contribution in [3.05, 3.63) is 24.5 Å². The summed E-state index contributed by atoms with van der Waals surface area (Å²) in [4.78, 5) is 10.4. The van der Waals surface area contributed by atoms with Crippen LogP contribution in [0.5, 0.6) is 0 Å². The summed E-state index contributed by atoms with van der Waals surface area (Å²) in [5.74, 6) is -0.434. The van der Waals surface area contributed by atoms with E-state index < -0.39 is 5.97 Å². The van der Waals surface area contributed by atoms with Crippen LogP contribution in [0, 0.1) is 5.92 Å². The summed E-state index contributed by atoms with van der Waals surface area (Å²) in [7, 11) is 0. The van der Waals surface area contributed by atoms with Crippen molar-refractivity contribution in [3.8, 4) is 0 Å². The van der Waals surface area contributed by atoms with Gasteiger partial charge >= 0.3 is 5.97 Å². The molecule has 3 nitrogen and oxygen atoms in total. The molecule has 0 radical (unpaired) electrons. The van der Waals surface area contributed by atoms with Gasteiger partial charge in [-0.3, -0.25) is 8.77 Å². The zero-order valence-electron chi connectivity index (χ0n) is 6.80. The van der Waals surface area contributed by atoms with E-state index in [2.05, 4.69) is 0 Å². The van der Waals surface area contributed by atoms with Crippen molar-refractivity contribution in [2.45, 2.75) is 6.92 Å². The highest BCUT2D eigenvalue weighted by Crippen LogP contribution is 2.11. The molecule has 0 spiro atoms. The van der Waals surface area contributed by atoms with Gasteiger partial charge in [-0.15, -0.1) is 0 Å². The average Bonchev–Trinajstić information content (AvgIpc) is 2.51. The fourth-order valence-corrected chi connectivity index (χ4v) is 1.52. The van der Waals surface area contributed by atoms with Gasteiger partial charge in [-0.2, -0.15) is 0 Å². The van der Waals surface area contributed by atoms with Crippen LogP contribution >= 0.6 is 11.9 Å². The number of hydrogen-bond donors (Lipinski definition) is 1. The van der Waals surface area contributed by atoms with Gasteiger partial charge in [-0.05, 0) is 24.1 Å². The molecule has 4 heteroatoms. The second-order valence-electron chi connectivity index (χ2n) is 2.58. The Morgan fingerprint density at radius 2 is 2.17 bits per heavy atom. The third-order valence-electron chi connectivity index (χ3n) is 1.47. The Kier molecular flexibility index (Phi) is 3.22. The van der Waals surface area contributed by atoms with E-state index in [1.165, 1.54) is 11.9 Å². The van der Waals surface area contributed by atoms with Crippen molar-refractivity contribution in [1.82, 2.24) is 3.97 Å². The molecule has 0 aromatic carbocycles. The molecule has 66 valence electrons. The molecule has 1 N–H and O–H groups in total. The molecule has 0 fully saturated rings. The van der Waals surface area contributed by atoms with Gasteiger partial charge in [0.05, 0.1) is 5.92 Å². The highest BCUT2D eigenvalue weighted by molar-refractivity contribution is 7.97. The van der Waals surface area contributed by atoms with Gasteiger partial charge in [0.2, 0.25) is 0 Å². The van der Waals surface area contributed by atoms with Gasteiger partial charge in [0, 0.05) is 18.1 Å². The first-order chi connectivity index (χ1) is 5.70. The van der Waals surface area contributed by atoms with Gasteiger partial charge in [0.1, 0.15) is 0 Å². The number of nitrogens with zero attached hydrogens (tertiary/aromatic N) is 1. The fourth-order valence-electron chi connectivity index (χ4n) is 0.674. The number of aliphatic carboxylic acids is 1. The van der Waals surface area contributed by atoms with Gasteiger partial charge in [0.25, 0.3) is 0 Å². The molecule has 0 bridgehead atoms. The maximum absolute atomic E-state index is 10.4. The molecular weight excluding hydrogens is 174 g/mol. The van der Waals surface area contributed by atoms with Crippen LogP contribution < -0.4 is 0 Å². The largest absolute Gasteiger partial charge is 0.481 e. The Morgan fingerprint density at radius 3 is 2.67 bits per heavy atom. The van der Waals surface area contributed by atoms with Gasteiger partial charge < -0.3 is 5.11 Å².